The van der Waals surface area contributed by atoms with Gasteiger partial charge in [0.1, 0.15) is 13.2 Å². The second-order valence-corrected chi connectivity index (χ2v) is 20.7. The largest absolute Gasteiger partial charge is 0.472 e. The summed E-state index contributed by atoms with van der Waals surface area (Å²) in [6, 6.07) is -0.781. The van der Waals surface area contributed by atoms with Gasteiger partial charge in [0.15, 0.2) is 0 Å². The fourth-order valence-electron chi connectivity index (χ4n) is 7.60. The van der Waals surface area contributed by atoms with Crippen molar-refractivity contribution in [3.05, 3.63) is 60.8 Å². The Morgan fingerprint density at radius 3 is 1.36 bits per heavy atom. The summed E-state index contributed by atoms with van der Waals surface area (Å²) in [5.41, 5.74) is 0. The number of carbonyl (C=O) groups is 1. The summed E-state index contributed by atoms with van der Waals surface area (Å²) in [4.78, 5) is 23.3. The number of aliphatic hydroxyl groups excluding tert-OH is 1. The normalized spacial score (nSPS) is 14.5. The number of nitrogens with one attached hydrogen (secondary N) is 1. The Kier molecular flexibility index (Phi) is 45.0. The molecule has 0 aliphatic heterocycles. The second kappa shape index (κ2) is 46.3. The van der Waals surface area contributed by atoms with Crippen LogP contribution in [-0.2, 0) is 18.4 Å². The van der Waals surface area contributed by atoms with E-state index in [1.165, 1.54) is 128 Å². The quantitative estimate of drug-likeness (QED) is 0.0243. The predicted octanol–water partition coefficient (Wildman–Crippen LogP) is 15.8. The van der Waals surface area contributed by atoms with Gasteiger partial charge >= 0.3 is 7.82 Å². The first-order valence-corrected chi connectivity index (χ1v) is 28.1. The summed E-state index contributed by atoms with van der Waals surface area (Å²) in [6.45, 7) is 4.76. The molecule has 0 aromatic carbocycles. The SMILES string of the molecule is CC/C=C\C/C=C\C/C=C\C/C=C\C/C=C\CCCCCC(=O)NC(COP(=O)(O)OCC[N+](C)(C)C)C(O)CCCCCCCCCCCCCCCCCCCCCCCCC. The van der Waals surface area contributed by atoms with Crippen molar-refractivity contribution in [2.45, 2.75) is 244 Å². The fourth-order valence-corrected chi connectivity index (χ4v) is 8.34. The highest BCUT2D eigenvalue weighted by molar-refractivity contribution is 7.47. The number of rotatable bonds is 48. The molecule has 0 saturated heterocycles. The summed E-state index contributed by atoms with van der Waals surface area (Å²) in [6.07, 6.45) is 61.2. The molecular weight excluding hydrogens is 816 g/mol. The van der Waals surface area contributed by atoms with Crippen molar-refractivity contribution in [3.63, 3.8) is 0 Å². The second-order valence-electron chi connectivity index (χ2n) is 19.2. The van der Waals surface area contributed by atoms with Crippen LogP contribution in [-0.4, -0.2) is 73.4 Å². The molecule has 0 aliphatic carbocycles. The third kappa shape index (κ3) is 48.1. The van der Waals surface area contributed by atoms with E-state index in [2.05, 4.69) is 79.9 Å². The number of hydrogen-bond acceptors (Lipinski definition) is 5. The number of phosphoric ester groups is 1. The van der Waals surface area contributed by atoms with Gasteiger partial charge in [-0.2, -0.15) is 0 Å². The molecule has 9 heteroatoms. The zero-order chi connectivity index (χ0) is 47.1. The number of nitrogens with zero attached hydrogens (tertiary/aromatic N) is 1. The van der Waals surface area contributed by atoms with E-state index in [0.717, 1.165) is 77.0 Å². The van der Waals surface area contributed by atoms with Crippen LogP contribution in [0.5, 0.6) is 0 Å². The van der Waals surface area contributed by atoms with Gasteiger partial charge in [0, 0.05) is 6.42 Å². The number of phosphoric acid groups is 1. The summed E-state index contributed by atoms with van der Waals surface area (Å²) < 4.78 is 23.7. The lowest BCUT2D eigenvalue weighted by Crippen LogP contribution is -2.46. The molecule has 0 heterocycles. The van der Waals surface area contributed by atoms with E-state index in [4.69, 9.17) is 9.05 Å². The Bertz CT molecular complexity index is 1230. The van der Waals surface area contributed by atoms with Gasteiger partial charge < -0.3 is 19.8 Å². The highest BCUT2D eigenvalue weighted by Crippen LogP contribution is 2.43. The van der Waals surface area contributed by atoms with E-state index in [-0.39, 0.29) is 19.1 Å². The maximum absolute atomic E-state index is 12.9. The molecular formula is C55H104N2O6P+. The van der Waals surface area contributed by atoms with Crippen molar-refractivity contribution in [1.82, 2.24) is 5.32 Å². The molecule has 64 heavy (non-hydrogen) atoms. The first-order valence-electron chi connectivity index (χ1n) is 26.7. The van der Waals surface area contributed by atoms with Crippen LogP contribution in [0.1, 0.15) is 232 Å². The van der Waals surface area contributed by atoms with Gasteiger partial charge in [0.25, 0.3) is 0 Å². The van der Waals surface area contributed by atoms with Crippen molar-refractivity contribution in [2.75, 3.05) is 40.9 Å². The van der Waals surface area contributed by atoms with E-state index in [1.807, 2.05) is 21.1 Å². The number of likely N-dealkylation sites (N-methyl/N-ethyl adjacent to an activating group) is 1. The Hall–Kier alpha value is -1.80. The molecule has 3 unspecified atom stereocenters. The predicted molar refractivity (Wildman–Crippen MR) is 277 cm³/mol. The summed E-state index contributed by atoms with van der Waals surface area (Å²) >= 11 is 0. The van der Waals surface area contributed by atoms with E-state index >= 15 is 0 Å². The van der Waals surface area contributed by atoms with Crippen molar-refractivity contribution in [1.29, 1.82) is 0 Å². The standard InChI is InChI=1S/C55H103N2O6P/c1-6-8-10-12-14-16-18-20-22-24-26-27-28-29-31-32-34-36-38-40-42-44-46-48-54(58)53(52-63-64(60,61)62-51-50-57(3,4)5)56-55(59)49-47-45-43-41-39-37-35-33-30-25-23-21-19-17-15-13-11-9-7-2/h9,11,15,17,21,23,30,33,37,39,53-54,58H,6-8,10,12-14,16,18-20,22,24-29,31-32,34-36,38,40-52H2,1-5H3,(H-,56,59,60,61)/p+1/b11-9-,17-15-,23-21-,33-30-,39-37-. The van der Waals surface area contributed by atoms with E-state index in [0.29, 0.717) is 23.9 Å². The van der Waals surface area contributed by atoms with Gasteiger partial charge in [-0.3, -0.25) is 13.8 Å². The maximum Gasteiger partial charge on any atom is 0.472 e. The van der Waals surface area contributed by atoms with Crippen LogP contribution in [0.4, 0.5) is 0 Å². The van der Waals surface area contributed by atoms with E-state index in [9.17, 15) is 19.4 Å². The van der Waals surface area contributed by atoms with E-state index in [1.54, 1.807) is 0 Å². The Balaban J connectivity index is 4.28. The number of hydrogen-bond donors (Lipinski definition) is 3. The topological polar surface area (TPSA) is 105 Å². The maximum atomic E-state index is 12.9. The van der Waals surface area contributed by atoms with Crippen molar-refractivity contribution in [3.8, 4) is 0 Å². The summed E-state index contributed by atoms with van der Waals surface area (Å²) in [5, 5.41) is 14.0. The Labute approximate surface area is 396 Å². The zero-order valence-electron chi connectivity index (χ0n) is 42.5. The van der Waals surface area contributed by atoms with Crippen molar-refractivity contribution in [2.24, 2.45) is 0 Å². The van der Waals surface area contributed by atoms with Gasteiger partial charge in [-0.05, 0) is 57.8 Å². The van der Waals surface area contributed by atoms with Gasteiger partial charge in [-0.15, -0.1) is 0 Å². The smallest absolute Gasteiger partial charge is 0.391 e. The Morgan fingerprint density at radius 2 is 0.938 bits per heavy atom. The average molecular weight is 920 g/mol. The fraction of sp³-hybridized carbons (Fsp3) is 0.800. The molecule has 0 saturated carbocycles. The lowest BCUT2D eigenvalue weighted by atomic mass is 10.0. The van der Waals surface area contributed by atoms with E-state index < -0.39 is 20.0 Å². The third-order valence-electron chi connectivity index (χ3n) is 11.8. The van der Waals surface area contributed by atoms with Crippen LogP contribution in [0.2, 0.25) is 0 Å². The van der Waals surface area contributed by atoms with Crippen LogP contribution < -0.4 is 5.32 Å². The minimum atomic E-state index is -4.33. The summed E-state index contributed by atoms with van der Waals surface area (Å²) in [7, 11) is 1.59. The highest BCUT2D eigenvalue weighted by Gasteiger charge is 2.28. The molecule has 0 spiro atoms. The number of unbranched alkanes of at least 4 members (excludes halogenated alkanes) is 25. The van der Waals surface area contributed by atoms with Crippen molar-refractivity contribution < 1.29 is 32.9 Å². The number of aliphatic hydroxyl groups is 1. The lowest BCUT2D eigenvalue weighted by Gasteiger charge is -2.26. The molecule has 3 N–H and O–H groups in total. The molecule has 0 rings (SSSR count). The molecule has 0 fully saturated rings. The number of allylic oxidation sites excluding steroid dienone is 10. The number of carbonyl (C=O) groups excluding carboxylic acids is 1. The molecule has 0 aromatic rings. The Morgan fingerprint density at radius 1 is 0.547 bits per heavy atom. The highest BCUT2D eigenvalue weighted by atomic mass is 31.2. The number of amides is 1. The van der Waals surface area contributed by atoms with Crippen LogP contribution in [0.25, 0.3) is 0 Å². The van der Waals surface area contributed by atoms with Gasteiger partial charge in [-0.1, -0.05) is 229 Å². The zero-order valence-corrected chi connectivity index (χ0v) is 43.4. The molecule has 0 radical (unpaired) electrons. The molecule has 3 atom stereocenters. The van der Waals surface area contributed by atoms with Crippen LogP contribution in [0, 0.1) is 0 Å². The average Bonchev–Trinajstić information content (AvgIpc) is 3.25. The monoisotopic (exact) mass is 920 g/mol. The van der Waals surface area contributed by atoms with Crippen molar-refractivity contribution >= 4 is 13.7 Å². The molecule has 0 aromatic heterocycles. The molecule has 8 nitrogen and oxygen atoms in total. The van der Waals surface area contributed by atoms with Gasteiger partial charge in [0.2, 0.25) is 5.91 Å². The molecule has 0 bridgehead atoms. The van der Waals surface area contributed by atoms with Crippen LogP contribution in [0.3, 0.4) is 0 Å². The van der Waals surface area contributed by atoms with Gasteiger partial charge in [-0.25, -0.2) is 4.57 Å². The molecule has 1 amide bonds. The van der Waals surface area contributed by atoms with Crippen LogP contribution >= 0.6 is 7.82 Å². The minimum absolute atomic E-state index is 0.0655. The first-order chi connectivity index (χ1) is 31.0. The van der Waals surface area contributed by atoms with Crippen LogP contribution in [0.15, 0.2) is 60.8 Å². The lowest BCUT2D eigenvalue weighted by molar-refractivity contribution is -0.870. The summed E-state index contributed by atoms with van der Waals surface area (Å²) in [5.74, 6) is -0.175. The first kappa shape index (κ1) is 62.2. The third-order valence-corrected chi connectivity index (χ3v) is 12.8. The minimum Gasteiger partial charge on any atom is -0.391 e. The number of quaternary nitrogens is 1. The molecule has 0 aliphatic rings. The van der Waals surface area contributed by atoms with Gasteiger partial charge in [0.05, 0.1) is 39.9 Å². The molecule has 374 valence electrons.